The van der Waals surface area contributed by atoms with Gasteiger partial charge in [-0.05, 0) is 47.2 Å². The number of likely N-dealkylation sites (tertiary alicyclic amines) is 1. The Labute approximate surface area is 195 Å². The minimum Gasteiger partial charge on any atom is -0.507 e. The molecule has 3 rings (SSSR count). The van der Waals surface area contributed by atoms with Gasteiger partial charge in [-0.25, -0.2) is 0 Å². The molecule has 1 saturated heterocycles. The summed E-state index contributed by atoms with van der Waals surface area (Å²) in [6.45, 7) is 8.65. The van der Waals surface area contributed by atoms with Crippen molar-refractivity contribution in [1.82, 2.24) is 4.90 Å². The normalized spacial score (nSPS) is 18.0. The maximum Gasteiger partial charge on any atom is 0.295 e. The number of Topliss-reactive ketones (excluding diaryl/α,β-unsaturated/α-hetero) is 1. The smallest absolute Gasteiger partial charge is 0.295 e. The van der Waals surface area contributed by atoms with Crippen LogP contribution in [0.15, 0.2) is 48.0 Å². The molecule has 176 valence electrons. The molecular formula is C27H33NO5. The topological polar surface area (TPSA) is 76.1 Å². The van der Waals surface area contributed by atoms with Gasteiger partial charge in [-0.3, -0.25) is 9.59 Å². The van der Waals surface area contributed by atoms with Crippen molar-refractivity contribution in [2.45, 2.75) is 52.0 Å². The van der Waals surface area contributed by atoms with Crippen molar-refractivity contribution >= 4 is 17.4 Å². The van der Waals surface area contributed by atoms with Gasteiger partial charge in [0, 0.05) is 6.54 Å². The van der Waals surface area contributed by atoms with E-state index in [2.05, 4.69) is 20.8 Å². The predicted octanol–water partition coefficient (Wildman–Crippen LogP) is 5.22. The van der Waals surface area contributed by atoms with Crippen LogP contribution in [0.5, 0.6) is 11.5 Å². The number of amides is 1. The number of aliphatic hydroxyl groups is 1. The van der Waals surface area contributed by atoms with Gasteiger partial charge in [-0.15, -0.1) is 0 Å². The molecule has 6 heteroatoms. The zero-order valence-corrected chi connectivity index (χ0v) is 20.3. The molecule has 0 spiro atoms. The first kappa shape index (κ1) is 24.4. The van der Waals surface area contributed by atoms with E-state index in [4.69, 9.17) is 9.47 Å². The summed E-state index contributed by atoms with van der Waals surface area (Å²) >= 11 is 0. The second kappa shape index (κ2) is 9.69. The molecular weight excluding hydrogens is 418 g/mol. The monoisotopic (exact) mass is 451 g/mol. The van der Waals surface area contributed by atoms with Gasteiger partial charge in [0.05, 0.1) is 31.4 Å². The summed E-state index contributed by atoms with van der Waals surface area (Å²) in [5, 5.41) is 11.5. The fourth-order valence-corrected chi connectivity index (χ4v) is 4.10. The molecule has 33 heavy (non-hydrogen) atoms. The number of rotatable bonds is 7. The SMILES string of the molecule is CCCCN1C(=O)C(=O)/C(=C(/O)c2cc(C(C)(C)C)ccc2OC)C1c1cccc(OC)c1. The third-order valence-electron chi connectivity index (χ3n) is 6.02. The molecule has 2 aromatic rings. The van der Waals surface area contributed by atoms with Gasteiger partial charge in [0.2, 0.25) is 0 Å². The summed E-state index contributed by atoms with van der Waals surface area (Å²) < 4.78 is 10.9. The number of nitrogens with zero attached hydrogens (tertiary/aromatic N) is 1. The van der Waals surface area contributed by atoms with E-state index in [0.717, 1.165) is 18.4 Å². The van der Waals surface area contributed by atoms with Gasteiger partial charge in [-0.2, -0.15) is 0 Å². The lowest BCUT2D eigenvalue weighted by atomic mass is 9.85. The molecule has 6 nitrogen and oxygen atoms in total. The highest BCUT2D eigenvalue weighted by Crippen LogP contribution is 2.42. The average Bonchev–Trinajstić information content (AvgIpc) is 3.06. The molecule has 1 amide bonds. The number of methoxy groups -OCH3 is 2. The number of carbonyl (C=O) groups excluding carboxylic acids is 2. The number of aliphatic hydroxyl groups excluding tert-OH is 1. The van der Waals surface area contributed by atoms with Crippen molar-refractivity contribution < 1.29 is 24.2 Å². The molecule has 1 heterocycles. The maximum atomic E-state index is 13.2. The number of ketones is 1. The van der Waals surface area contributed by atoms with Gasteiger partial charge in [0.25, 0.3) is 11.7 Å². The van der Waals surface area contributed by atoms with Crippen LogP contribution in [0, 0.1) is 0 Å². The third kappa shape index (κ3) is 4.75. The molecule has 1 aliphatic heterocycles. The average molecular weight is 452 g/mol. The van der Waals surface area contributed by atoms with Gasteiger partial charge in [0.1, 0.15) is 17.3 Å². The summed E-state index contributed by atoms with van der Waals surface area (Å²) in [5.74, 6) is -0.489. The van der Waals surface area contributed by atoms with Crippen molar-refractivity contribution in [2.24, 2.45) is 0 Å². The van der Waals surface area contributed by atoms with E-state index < -0.39 is 17.7 Å². The van der Waals surface area contributed by atoms with Crippen LogP contribution in [0.25, 0.3) is 5.76 Å². The summed E-state index contributed by atoms with van der Waals surface area (Å²) in [7, 11) is 3.08. The maximum absolute atomic E-state index is 13.2. The van der Waals surface area contributed by atoms with E-state index in [1.54, 1.807) is 30.2 Å². The second-order valence-corrected chi connectivity index (χ2v) is 9.29. The molecule has 0 aromatic heterocycles. The Kier molecular flexibility index (Phi) is 7.15. The van der Waals surface area contributed by atoms with Crippen LogP contribution in [0.4, 0.5) is 0 Å². The Morgan fingerprint density at radius 2 is 1.79 bits per heavy atom. The van der Waals surface area contributed by atoms with Crippen LogP contribution in [-0.4, -0.2) is 42.5 Å². The van der Waals surface area contributed by atoms with Gasteiger partial charge in [-0.1, -0.05) is 52.3 Å². The lowest BCUT2D eigenvalue weighted by Gasteiger charge is -2.26. The molecule has 1 unspecified atom stereocenters. The van der Waals surface area contributed by atoms with Crippen LogP contribution in [0.2, 0.25) is 0 Å². The Hall–Kier alpha value is -3.28. The van der Waals surface area contributed by atoms with Gasteiger partial charge >= 0.3 is 0 Å². The highest BCUT2D eigenvalue weighted by Gasteiger charge is 2.46. The number of benzene rings is 2. The standard InChI is InChI=1S/C27H33NO5/c1-7-8-14-28-23(17-10-9-11-19(15-17)32-5)22(25(30)26(28)31)24(29)20-16-18(27(2,3)4)12-13-21(20)33-6/h9-13,15-16,23,29H,7-8,14H2,1-6H3/b24-22+. The van der Waals surface area contributed by atoms with Crippen LogP contribution >= 0.6 is 0 Å². The highest BCUT2D eigenvalue weighted by molar-refractivity contribution is 6.46. The molecule has 0 bridgehead atoms. The van der Waals surface area contributed by atoms with Crippen molar-refractivity contribution in [1.29, 1.82) is 0 Å². The van der Waals surface area contributed by atoms with E-state index in [0.29, 0.717) is 29.2 Å². The second-order valence-electron chi connectivity index (χ2n) is 9.29. The molecule has 1 aliphatic rings. The number of carbonyl (C=O) groups is 2. The molecule has 0 radical (unpaired) electrons. The summed E-state index contributed by atoms with van der Waals surface area (Å²) in [5.41, 5.74) is 1.96. The predicted molar refractivity (Wildman–Crippen MR) is 129 cm³/mol. The van der Waals surface area contributed by atoms with Gasteiger partial charge in [0.15, 0.2) is 0 Å². The van der Waals surface area contributed by atoms with Gasteiger partial charge < -0.3 is 19.5 Å². The number of ether oxygens (including phenoxy) is 2. The number of unbranched alkanes of at least 4 members (excludes halogenated alkanes) is 1. The lowest BCUT2D eigenvalue weighted by molar-refractivity contribution is -0.139. The van der Waals surface area contributed by atoms with Crippen LogP contribution in [0.1, 0.15) is 63.3 Å². The molecule has 0 aliphatic carbocycles. The van der Waals surface area contributed by atoms with Crippen LogP contribution in [-0.2, 0) is 15.0 Å². The molecule has 0 saturated carbocycles. The van der Waals surface area contributed by atoms with Crippen molar-refractivity contribution in [3.05, 3.63) is 64.7 Å². The third-order valence-corrected chi connectivity index (χ3v) is 6.02. The van der Waals surface area contributed by atoms with E-state index >= 15 is 0 Å². The largest absolute Gasteiger partial charge is 0.507 e. The summed E-state index contributed by atoms with van der Waals surface area (Å²) in [6.07, 6.45) is 1.62. The lowest BCUT2D eigenvalue weighted by Crippen LogP contribution is -2.30. The van der Waals surface area contributed by atoms with Crippen LogP contribution in [0.3, 0.4) is 0 Å². The quantitative estimate of drug-likeness (QED) is 0.355. The summed E-state index contributed by atoms with van der Waals surface area (Å²) in [4.78, 5) is 27.8. The Morgan fingerprint density at radius 1 is 1.06 bits per heavy atom. The zero-order valence-electron chi connectivity index (χ0n) is 20.3. The Balaban J connectivity index is 2.26. The first-order valence-corrected chi connectivity index (χ1v) is 11.2. The van der Waals surface area contributed by atoms with E-state index in [9.17, 15) is 14.7 Å². The molecule has 2 aromatic carbocycles. The molecule has 1 atom stereocenters. The molecule has 1 fully saturated rings. The fraction of sp³-hybridized carbons (Fsp3) is 0.407. The molecule has 1 N–H and O–H groups in total. The Bertz CT molecular complexity index is 1080. The first-order chi connectivity index (χ1) is 15.6. The van der Waals surface area contributed by atoms with Crippen LogP contribution < -0.4 is 9.47 Å². The van der Waals surface area contributed by atoms with E-state index in [-0.39, 0.29) is 16.7 Å². The minimum absolute atomic E-state index is 0.0636. The minimum atomic E-state index is -0.713. The number of hydrogen-bond donors (Lipinski definition) is 1. The van der Waals surface area contributed by atoms with Crippen molar-refractivity contribution in [2.75, 3.05) is 20.8 Å². The van der Waals surface area contributed by atoms with E-state index in [1.807, 2.05) is 31.2 Å². The van der Waals surface area contributed by atoms with Crippen molar-refractivity contribution in [3.8, 4) is 11.5 Å². The van der Waals surface area contributed by atoms with E-state index in [1.165, 1.54) is 7.11 Å². The first-order valence-electron chi connectivity index (χ1n) is 11.2. The van der Waals surface area contributed by atoms with Crippen molar-refractivity contribution in [3.63, 3.8) is 0 Å². The summed E-state index contributed by atoms with van der Waals surface area (Å²) in [6, 6.07) is 12.1. The highest BCUT2D eigenvalue weighted by atomic mass is 16.5. The Morgan fingerprint density at radius 3 is 2.39 bits per heavy atom. The zero-order chi connectivity index (χ0) is 24.3. The fourth-order valence-electron chi connectivity index (χ4n) is 4.10. The number of hydrogen-bond acceptors (Lipinski definition) is 5.